The van der Waals surface area contributed by atoms with Gasteiger partial charge in [0.25, 0.3) is 5.91 Å². The van der Waals surface area contributed by atoms with E-state index in [1.807, 2.05) is 18.2 Å². The lowest BCUT2D eigenvalue weighted by molar-refractivity contribution is -0.120. The van der Waals surface area contributed by atoms with Crippen molar-refractivity contribution in [2.45, 2.75) is 6.92 Å². The zero-order chi connectivity index (χ0) is 15.9. The van der Waals surface area contributed by atoms with E-state index in [1.54, 1.807) is 24.3 Å². The standard InChI is InChI=1S/C17H15FN2O2/c1-12(21)19-16(10-13-6-3-2-4-7-13)17(22)20-15-9-5-8-14(18)11-15/h2-11H,1H3,(H,19,21)(H,20,22)/b16-10+. The number of nitrogens with one attached hydrogen (secondary N) is 2. The molecule has 0 atom stereocenters. The average Bonchev–Trinajstić information content (AvgIpc) is 2.47. The quantitative estimate of drug-likeness (QED) is 0.853. The minimum atomic E-state index is -0.523. The van der Waals surface area contributed by atoms with Crippen LogP contribution in [0, 0.1) is 5.82 Å². The van der Waals surface area contributed by atoms with E-state index in [2.05, 4.69) is 10.6 Å². The lowest BCUT2D eigenvalue weighted by atomic mass is 10.2. The third-order valence-corrected chi connectivity index (χ3v) is 2.75. The molecule has 0 aliphatic heterocycles. The molecule has 0 radical (unpaired) electrons. The Morgan fingerprint density at radius 3 is 2.41 bits per heavy atom. The predicted octanol–water partition coefficient (Wildman–Crippen LogP) is 2.94. The molecule has 0 aliphatic carbocycles. The van der Waals surface area contributed by atoms with Crippen LogP contribution in [0.4, 0.5) is 10.1 Å². The van der Waals surface area contributed by atoms with Crippen LogP contribution in [0.25, 0.3) is 6.08 Å². The van der Waals surface area contributed by atoms with Crippen molar-refractivity contribution in [3.63, 3.8) is 0 Å². The Morgan fingerprint density at radius 2 is 1.77 bits per heavy atom. The molecule has 4 nitrogen and oxygen atoms in total. The van der Waals surface area contributed by atoms with Crippen molar-refractivity contribution in [2.24, 2.45) is 0 Å². The van der Waals surface area contributed by atoms with Crippen LogP contribution in [0.5, 0.6) is 0 Å². The molecule has 2 aromatic carbocycles. The summed E-state index contributed by atoms with van der Waals surface area (Å²) < 4.78 is 13.1. The Kier molecular flexibility index (Phi) is 5.03. The largest absolute Gasteiger partial charge is 0.322 e. The average molecular weight is 298 g/mol. The second-order valence-electron chi connectivity index (χ2n) is 4.61. The molecule has 0 saturated carbocycles. The van der Waals surface area contributed by atoms with Gasteiger partial charge in [-0.2, -0.15) is 0 Å². The molecule has 0 spiro atoms. The SMILES string of the molecule is CC(=O)N/C(=C/c1ccccc1)C(=O)Nc1cccc(F)c1. The van der Waals surface area contributed by atoms with Gasteiger partial charge < -0.3 is 10.6 Å². The molecular weight excluding hydrogens is 283 g/mol. The maximum Gasteiger partial charge on any atom is 0.272 e. The second-order valence-corrected chi connectivity index (χ2v) is 4.61. The predicted molar refractivity (Wildman–Crippen MR) is 83.3 cm³/mol. The zero-order valence-corrected chi connectivity index (χ0v) is 12.0. The summed E-state index contributed by atoms with van der Waals surface area (Å²) in [5, 5.41) is 5.03. The van der Waals surface area contributed by atoms with Gasteiger partial charge in [-0.25, -0.2) is 4.39 Å². The third-order valence-electron chi connectivity index (χ3n) is 2.75. The summed E-state index contributed by atoms with van der Waals surface area (Å²) in [5.74, 6) is -1.34. The van der Waals surface area contributed by atoms with E-state index in [1.165, 1.54) is 25.1 Å². The summed E-state index contributed by atoms with van der Waals surface area (Å²) in [6.45, 7) is 1.31. The smallest absolute Gasteiger partial charge is 0.272 e. The number of carbonyl (C=O) groups is 2. The van der Waals surface area contributed by atoms with Gasteiger partial charge in [0.2, 0.25) is 5.91 Å². The Bertz CT molecular complexity index is 712. The molecule has 5 heteroatoms. The molecule has 2 N–H and O–H groups in total. The van der Waals surface area contributed by atoms with Crippen LogP contribution < -0.4 is 10.6 Å². The van der Waals surface area contributed by atoms with Gasteiger partial charge in [0, 0.05) is 12.6 Å². The normalized spacial score (nSPS) is 10.9. The lowest BCUT2D eigenvalue weighted by Crippen LogP contribution is -2.28. The zero-order valence-electron chi connectivity index (χ0n) is 12.0. The summed E-state index contributed by atoms with van der Waals surface area (Å²) in [6.07, 6.45) is 1.55. The fraction of sp³-hybridized carbons (Fsp3) is 0.0588. The highest BCUT2D eigenvalue weighted by atomic mass is 19.1. The van der Waals surface area contributed by atoms with Crippen molar-refractivity contribution >= 4 is 23.6 Å². The lowest BCUT2D eigenvalue weighted by Gasteiger charge is -2.10. The highest BCUT2D eigenvalue weighted by Gasteiger charge is 2.11. The first kappa shape index (κ1) is 15.4. The second kappa shape index (κ2) is 7.17. The molecule has 2 amide bonds. The summed E-state index contributed by atoms with van der Waals surface area (Å²) in [5.41, 5.74) is 1.16. The number of hydrogen-bond donors (Lipinski definition) is 2. The van der Waals surface area contributed by atoms with Crippen LogP contribution in [0.1, 0.15) is 12.5 Å². The molecule has 2 aromatic rings. The van der Waals surface area contributed by atoms with Gasteiger partial charge in [0.1, 0.15) is 11.5 Å². The van der Waals surface area contributed by atoms with Crippen LogP contribution in [0.15, 0.2) is 60.3 Å². The van der Waals surface area contributed by atoms with Crippen LogP contribution in [-0.4, -0.2) is 11.8 Å². The molecule has 22 heavy (non-hydrogen) atoms. The van der Waals surface area contributed by atoms with Crippen molar-refractivity contribution in [3.8, 4) is 0 Å². The van der Waals surface area contributed by atoms with Crippen LogP contribution in [0.2, 0.25) is 0 Å². The highest BCUT2D eigenvalue weighted by molar-refractivity contribution is 6.08. The van der Waals surface area contributed by atoms with E-state index in [0.717, 1.165) is 5.56 Å². The maximum absolute atomic E-state index is 13.1. The molecule has 0 unspecified atom stereocenters. The number of rotatable bonds is 4. The van der Waals surface area contributed by atoms with E-state index in [9.17, 15) is 14.0 Å². The van der Waals surface area contributed by atoms with Gasteiger partial charge in [-0.3, -0.25) is 9.59 Å². The highest BCUT2D eigenvalue weighted by Crippen LogP contribution is 2.11. The summed E-state index contributed by atoms with van der Waals surface area (Å²) >= 11 is 0. The van der Waals surface area contributed by atoms with Crippen LogP contribution in [-0.2, 0) is 9.59 Å². The summed E-state index contributed by atoms with van der Waals surface area (Å²) in [6, 6.07) is 14.6. The topological polar surface area (TPSA) is 58.2 Å². The third kappa shape index (κ3) is 4.56. The summed E-state index contributed by atoms with van der Waals surface area (Å²) in [4.78, 5) is 23.5. The maximum atomic E-state index is 13.1. The van der Waals surface area contributed by atoms with Crippen molar-refractivity contribution in [1.29, 1.82) is 0 Å². The van der Waals surface area contributed by atoms with E-state index in [0.29, 0.717) is 5.69 Å². The fourth-order valence-electron chi connectivity index (χ4n) is 1.83. The molecule has 0 heterocycles. The Balaban J connectivity index is 2.23. The fourth-order valence-corrected chi connectivity index (χ4v) is 1.83. The first-order valence-corrected chi connectivity index (χ1v) is 6.66. The van der Waals surface area contributed by atoms with Gasteiger partial charge in [0.05, 0.1) is 0 Å². The number of benzene rings is 2. The van der Waals surface area contributed by atoms with Crippen molar-refractivity contribution in [1.82, 2.24) is 5.32 Å². The van der Waals surface area contributed by atoms with Crippen LogP contribution >= 0.6 is 0 Å². The number of halogens is 1. The Labute approximate surface area is 127 Å². The van der Waals surface area contributed by atoms with E-state index in [4.69, 9.17) is 0 Å². The van der Waals surface area contributed by atoms with E-state index < -0.39 is 11.7 Å². The minimum absolute atomic E-state index is 0.0861. The van der Waals surface area contributed by atoms with Crippen LogP contribution in [0.3, 0.4) is 0 Å². The first-order valence-electron chi connectivity index (χ1n) is 6.66. The van der Waals surface area contributed by atoms with Gasteiger partial charge in [-0.05, 0) is 29.8 Å². The molecule has 112 valence electrons. The molecule has 0 aromatic heterocycles. The molecular formula is C17H15FN2O2. The summed E-state index contributed by atoms with van der Waals surface area (Å²) in [7, 11) is 0. The molecule has 2 rings (SSSR count). The molecule has 0 bridgehead atoms. The molecule has 0 aliphatic rings. The van der Waals surface area contributed by atoms with E-state index >= 15 is 0 Å². The van der Waals surface area contributed by atoms with Crippen molar-refractivity contribution < 1.29 is 14.0 Å². The van der Waals surface area contributed by atoms with Gasteiger partial charge in [0.15, 0.2) is 0 Å². The van der Waals surface area contributed by atoms with Gasteiger partial charge in [-0.1, -0.05) is 36.4 Å². The first-order chi connectivity index (χ1) is 10.5. The number of hydrogen-bond acceptors (Lipinski definition) is 2. The minimum Gasteiger partial charge on any atom is -0.322 e. The number of carbonyl (C=O) groups excluding carboxylic acids is 2. The Morgan fingerprint density at radius 1 is 1.05 bits per heavy atom. The monoisotopic (exact) mass is 298 g/mol. The van der Waals surface area contributed by atoms with Gasteiger partial charge in [-0.15, -0.1) is 0 Å². The van der Waals surface area contributed by atoms with Crippen molar-refractivity contribution in [2.75, 3.05) is 5.32 Å². The molecule has 0 saturated heterocycles. The Hall–Kier alpha value is -2.95. The van der Waals surface area contributed by atoms with Crippen molar-refractivity contribution in [3.05, 3.63) is 71.7 Å². The van der Waals surface area contributed by atoms with E-state index in [-0.39, 0.29) is 11.6 Å². The molecule has 0 fully saturated rings. The van der Waals surface area contributed by atoms with Gasteiger partial charge >= 0.3 is 0 Å². The number of anilines is 1. The number of amides is 2.